The van der Waals surface area contributed by atoms with Crippen LogP contribution < -0.4 is 4.74 Å². The molecule has 1 N–H and O–H groups in total. The maximum Gasteiger partial charge on any atom is 0.416 e. The van der Waals surface area contributed by atoms with Crippen LogP contribution in [0.2, 0.25) is 0 Å². The largest absolute Gasteiger partial charge is 0.497 e. The predicted molar refractivity (Wildman–Crippen MR) is 57.9 cm³/mol. The van der Waals surface area contributed by atoms with Gasteiger partial charge in [-0.15, -0.1) is 0 Å². The molecule has 0 amide bonds. The topological polar surface area (TPSA) is 29.5 Å². The highest BCUT2D eigenvalue weighted by Crippen LogP contribution is 2.37. The van der Waals surface area contributed by atoms with Crippen molar-refractivity contribution in [3.8, 4) is 5.75 Å². The molecule has 0 aliphatic heterocycles. The SMILES string of the molecule is CCC[C@H](O)c1ccc(OC)cc1C(F)(F)F. The van der Waals surface area contributed by atoms with Crippen LogP contribution in [0.25, 0.3) is 0 Å². The van der Waals surface area contributed by atoms with Crippen LogP contribution in [0, 0.1) is 0 Å². The second-order valence-electron chi connectivity index (χ2n) is 3.76. The Labute approximate surface area is 98.0 Å². The van der Waals surface area contributed by atoms with Crippen LogP contribution >= 0.6 is 0 Å². The van der Waals surface area contributed by atoms with Gasteiger partial charge in [-0.25, -0.2) is 0 Å². The number of benzene rings is 1. The zero-order valence-corrected chi connectivity index (χ0v) is 9.71. The van der Waals surface area contributed by atoms with Gasteiger partial charge in [-0.1, -0.05) is 19.4 Å². The van der Waals surface area contributed by atoms with E-state index >= 15 is 0 Å². The molecule has 0 fully saturated rings. The molecule has 5 heteroatoms. The molecule has 0 heterocycles. The minimum absolute atomic E-state index is 0.0971. The molecule has 0 saturated heterocycles. The van der Waals surface area contributed by atoms with Crippen LogP contribution in [0.3, 0.4) is 0 Å². The van der Waals surface area contributed by atoms with Crippen molar-refractivity contribution in [2.24, 2.45) is 0 Å². The molecule has 1 atom stereocenters. The van der Waals surface area contributed by atoms with Gasteiger partial charge >= 0.3 is 6.18 Å². The second-order valence-corrected chi connectivity index (χ2v) is 3.76. The number of hydrogen-bond donors (Lipinski definition) is 1. The molecule has 1 aromatic rings. The first kappa shape index (κ1) is 13.8. The Morgan fingerprint density at radius 2 is 2.00 bits per heavy atom. The van der Waals surface area contributed by atoms with Crippen LogP contribution in [-0.2, 0) is 6.18 Å². The van der Waals surface area contributed by atoms with E-state index in [-0.39, 0.29) is 11.3 Å². The first-order valence-corrected chi connectivity index (χ1v) is 5.33. The summed E-state index contributed by atoms with van der Waals surface area (Å²) >= 11 is 0. The van der Waals surface area contributed by atoms with Gasteiger partial charge in [0.25, 0.3) is 0 Å². The first-order valence-electron chi connectivity index (χ1n) is 5.33. The molecule has 0 aliphatic carbocycles. The summed E-state index contributed by atoms with van der Waals surface area (Å²) in [6, 6.07) is 3.60. The zero-order chi connectivity index (χ0) is 13.1. The van der Waals surface area contributed by atoms with E-state index in [0.717, 1.165) is 6.07 Å². The van der Waals surface area contributed by atoms with Gasteiger partial charge in [0, 0.05) is 0 Å². The van der Waals surface area contributed by atoms with E-state index in [1.165, 1.54) is 19.2 Å². The molecule has 1 aromatic carbocycles. The summed E-state index contributed by atoms with van der Waals surface area (Å²) in [5, 5.41) is 9.69. The van der Waals surface area contributed by atoms with Crippen molar-refractivity contribution in [2.75, 3.05) is 7.11 Å². The average Bonchev–Trinajstić information content (AvgIpc) is 2.27. The lowest BCUT2D eigenvalue weighted by molar-refractivity contribution is -0.139. The number of ether oxygens (including phenoxy) is 1. The van der Waals surface area contributed by atoms with E-state index < -0.39 is 17.8 Å². The molecule has 0 unspecified atom stereocenters. The minimum atomic E-state index is -4.49. The fourth-order valence-corrected chi connectivity index (χ4v) is 1.63. The Morgan fingerprint density at radius 1 is 1.35 bits per heavy atom. The van der Waals surface area contributed by atoms with Crippen molar-refractivity contribution < 1.29 is 23.0 Å². The number of alkyl halides is 3. The van der Waals surface area contributed by atoms with Gasteiger partial charge in [0.05, 0.1) is 18.8 Å². The monoisotopic (exact) mass is 248 g/mol. The molecule has 96 valence electrons. The smallest absolute Gasteiger partial charge is 0.416 e. The first-order chi connectivity index (χ1) is 7.90. The molecule has 0 saturated carbocycles. The molecule has 0 spiro atoms. The number of aliphatic hydroxyl groups is 1. The van der Waals surface area contributed by atoms with Gasteiger partial charge in [0.2, 0.25) is 0 Å². The highest BCUT2D eigenvalue weighted by atomic mass is 19.4. The molecular formula is C12H15F3O2. The van der Waals surface area contributed by atoms with Crippen molar-refractivity contribution >= 4 is 0 Å². The van der Waals surface area contributed by atoms with Crippen molar-refractivity contribution in [1.29, 1.82) is 0 Å². The third-order valence-corrected chi connectivity index (χ3v) is 2.49. The maximum atomic E-state index is 12.8. The summed E-state index contributed by atoms with van der Waals surface area (Å²) in [7, 11) is 1.30. The van der Waals surface area contributed by atoms with Gasteiger partial charge in [-0.05, 0) is 24.1 Å². The maximum absolute atomic E-state index is 12.8. The van der Waals surface area contributed by atoms with Crippen LogP contribution in [0.5, 0.6) is 5.75 Å². The normalized spacial score (nSPS) is 13.5. The van der Waals surface area contributed by atoms with E-state index in [9.17, 15) is 18.3 Å². The minimum Gasteiger partial charge on any atom is -0.497 e. The van der Waals surface area contributed by atoms with Crippen LogP contribution in [0.1, 0.15) is 37.0 Å². The molecule has 17 heavy (non-hydrogen) atoms. The van der Waals surface area contributed by atoms with Gasteiger partial charge in [-0.2, -0.15) is 13.2 Å². The summed E-state index contributed by atoms with van der Waals surface area (Å²) < 4.78 is 43.2. The summed E-state index contributed by atoms with van der Waals surface area (Å²) in [5.41, 5.74) is -0.932. The zero-order valence-electron chi connectivity index (χ0n) is 9.71. The van der Waals surface area contributed by atoms with E-state index in [0.29, 0.717) is 12.8 Å². The molecule has 0 bridgehead atoms. The lowest BCUT2D eigenvalue weighted by Gasteiger charge is -2.18. The van der Waals surface area contributed by atoms with E-state index in [1.54, 1.807) is 6.92 Å². The second kappa shape index (κ2) is 5.40. The Hall–Kier alpha value is -1.23. The molecule has 2 nitrogen and oxygen atoms in total. The Kier molecular flexibility index (Phi) is 4.40. The molecular weight excluding hydrogens is 233 g/mol. The molecule has 0 aliphatic rings. The Bertz CT molecular complexity index is 375. The number of aliphatic hydroxyl groups excluding tert-OH is 1. The lowest BCUT2D eigenvalue weighted by Crippen LogP contribution is -2.12. The number of methoxy groups -OCH3 is 1. The van der Waals surface area contributed by atoms with E-state index in [2.05, 4.69) is 0 Å². The number of hydrogen-bond acceptors (Lipinski definition) is 2. The quantitative estimate of drug-likeness (QED) is 0.883. The fourth-order valence-electron chi connectivity index (χ4n) is 1.63. The third kappa shape index (κ3) is 3.36. The molecule has 1 rings (SSSR count). The van der Waals surface area contributed by atoms with Crippen molar-refractivity contribution in [3.05, 3.63) is 29.3 Å². The Morgan fingerprint density at radius 3 is 2.47 bits per heavy atom. The van der Waals surface area contributed by atoms with Crippen molar-refractivity contribution in [3.63, 3.8) is 0 Å². The van der Waals surface area contributed by atoms with Gasteiger partial charge in [-0.3, -0.25) is 0 Å². The highest BCUT2D eigenvalue weighted by Gasteiger charge is 2.35. The standard InChI is InChI=1S/C12H15F3O2/c1-3-4-11(16)9-6-5-8(17-2)7-10(9)12(13,14)15/h5-7,11,16H,3-4H2,1-2H3/t11-/m0/s1. The summed E-state index contributed by atoms with van der Waals surface area (Å²) in [5.74, 6) is 0.129. The number of rotatable bonds is 4. The van der Waals surface area contributed by atoms with Crippen LogP contribution in [0.4, 0.5) is 13.2 Å². The van der Waals surface area contributed by atoms with Crippen molar-refractivity contribution in [1.82, 2.24) is 0 Å². The Balaban J connectivity index is 3.20. The summed E-state index contributed by atoms with van der Waals surface area (Å²) in [6.07, 6.45) is -4.67. The van der Waals surface area contributed by atoms with Gasteiger partial charge < -0.3 is 9.84 Å². The number of halogens is 3. The van der Waals surface area contributed by atoms with Gasteiger partial charge in [0.1, 0.15) is 5.75 Å². The van der Waals surface area contributed by atoms with Crippen LogP contribution in [0.15, 0.2) is 18.2 Å². The van der Waals surface area contributed by atoms with E-state index in [4.69, 9.17) is 4.74 Å². The van der Waals surface area contributed by atoms with Crippen molar-refractivity contribution in [2.45, 2.75) is 32.0 Å². The highest BCUT2D eigenvalue weighted by molar-refractivity contribution is 5.38. The molecule has 0 aromatic heterocycles. The third-order valence-electron chi connectivity index (χ3n) is 2.49. The fraction of sp³-hybridized carbons (Fsp3) is 0.500. The van der Waals surface area contributed by atoms with Crippen LogP contribution in [-0.4, -0.2) is 12.2 Å². The predicted octanol–water partition coefficient (Wildman–Crippen LogP) is 3.55. The van der Waals surface area contributed by atoms with E-state index in [1.807, 2.05) is 0 Å². The summed E-state index contributed by atoms with van der Waals surface area (Å²) in [4.78, 5) is 0. The van der Waals surface area contributed by atoms with Gasteiger partial charge in [0.15, 0.2) is 0 Å². The molecule has 0 radical (unpaired) electrons. The average molecular weight is 248 g/mol. The lowest BCUT2D eigenvalue weighted by atomic mass is 9.98. The summed E-state index contributed by atoms with van der Waals surface area (Å²) in [6.45, 7) is 1.81.